The normalized spacial score (nSPS) is 35.4. The number of carbonyl (C=O) groups excluding carboxylic acids is 1. The average molecular weight is 338 g/mol. The highest BCUT2D eigenvalue weighted by atomic mass is 32.2. The molecule has 0 radical (unpaired) electrons. The Morgan fingerprint density at radius 1 is 1.17 bits per heavy atom. The van der Waals surface area contributed by atoms with E-state index in [0.29, 0.717) is 5.92 Å². The third-order valence-corrected chi connectivity index (χ3v) is 7.37. The second kappa shape index (κ2) is 5.34. The first-order valence-corrected chi connectivity index (χ1v) is 9.82. The monoisotopic (exact) mass is 338 g/mol. The van der Waals surface area contributed by atoms with Gasteiger partial charge < -0.3 is 9.73 Å². The molecule has 0 spiro atoms. The zero-order chi connectivity index (χ0) is 16.2. The van der Waals surface area contributed by atoms with Gasteiger partial charge in [-0.2, -0.15) is 0 Å². The van der Waals surface area contributed by atoms with Gasteiger partial charge in [-0.1, -0.05) is 6.42 Å². The van der Waals surface area contributed by atoms with Crippen LogP contribution in [0.25, 0.3) is 0 Å². The first-order valence-electron chi connectivity index (χ1n) is 8.34. The van der Waals surface area contributed by atoms with Crippen molar-refractivity contribution in [1.29, 1.82) is 0 Å². The summed E-state index contributed by atoms with van der Waals surface area (Å²) in [6.07, 6.45) is 6.27. The molecule has 2 N–H and O–H groups in total. The van der Waals surface area contributed by atoms with Crippen LogP contribution in [0.2, 0.25) is 0 Å². The molecule has 4 rings (SSSR count). The van der Waals surface area contributed by atoms with Gasteiger partial charge in [0.2, 0.25) is 5.09 Å². The molecular formula is C16H22N2O4S. The maximum atomic E-state index is 12.4. The SMILES string of the molecule is CNS(=O)(=O)c1ccc(C(=O)N[C@@H]2C[C@H]3C[C@H]2[C@@H]2CCC[C@@H]32)o1. The van der Waals surface area contributed by atoms with Crippen LogP contribution in [-0.2, 0) is 10.0 Å². The number of fused-ring (bicyclic) bond motifs is 5. The molecule has 3 saturated carbocycles. The lowest BCUT2D eigenvalue weighted by Crippen LogP contribution is -2.42. The highest BCUT2D eigenvalue weighted by Gasteiger charge is 2.54. The van der Waals surface area contributed by atoms with E-state index in [1.54, 1.807) is 0 Å². The van der Waals surface area contributed by atoms with Crippen LogP contribution < -0.4 is 10.0 Å². The molecule has 3 fully saturated rings. The highest BCUT2D eigenvalue weighted by molar-refractivity contribution is 7.89. The van der Waals surface area contributed by atoms with Crippen molar-refractivity contribution in [2.45, 2.75) is 43.2 Å². The Kier molecular flexibility index (Phi) is 3.53. The number of sulfonamides is 1. The van der Waals surface area contributed by atoms with Crippen LogP contribution in [-0.4, -0.2) is 27.4 Å². The Morgan fingerprint density at radius 3 is 2.74 bits per heavy atom. The smallest absolute Gasteiger partial charge is 0.287 e. The molecule has 0 unspecified atom stereocenters. The second-order valence-corrected chi connectivity index (χ2v) is 8.88. The van der Waals surface area contributed by atoms with Gasteiger partial charge in [0, 0.05) is 6.04 Å². The van der Waals surface area contributed by atoms with Crippen molar-refractivity contribution in [3.8, 4) is 0 Å². The van der Waals surface area contributed by atoms with E-state index in [1.807, 2.05) is 0 Å². The van der Waals surface area contributed by atoms with Crippen LogP contribution >= 0.6 is 0 Å². The topological polar surface area (TPSA) is 88.4 Å². The van der Waals surface area contributed by atoms with Crippen molar-refractivity contribution < 1.29 is 17.6 Å². The molecule has 6 nitrogen and oxygen atoms in total. The molecular weight excluding hydrogens is 316 g/mol. The summed E-state index contributed by atoms with van der Waals surface area (Å²) < 4.78 is 30.7. The Bertz CT molecular complexity index is 726. The largest absolute Gasteiger partial charge is 0.438 e. The highest BCUT2D eigenvalue weighted by Crippen LogP contribution is 2.58. The van der Waals surface area contributed by atoms with Gasteiger partial charge in [-0.05, 0) is 68.5 Å². The van der Waals surface area contributed by atoms with Gasteiger partial charge in [0.1, 0.15) is 0 Å². The Morgan fingerprint density at radius 2 is 1.96 bits per heavy atom. The van der Waals surface area contributed by atoms with Gasteiger partial charge in [0.15, 0.2) is 5.76 Å². The van der Waals surface area contributed by atoms with Gasteiger partial charge in [-0.15, -0.1) is 0 Å². The van der Waals surface area contributed by atoms with E-state index in [2.05, 4.69) is 10.0 Å². The molecule has 1 aromatic rings. The van der Waals surface area contributed by atoms with E-state index in [4.69, 9.17) is 4.42 Å². The minimum Gasteiger partial charge on any atom is -0.438 e. The molecule has 5 atom stereocenters. The molecule has 3 aliphatic carbocycles. The summed E-state index contributed by atoms with van der Waals surface area (Å²) >= 11 is 0. The molecule has 1 amide bonds. The van der Waals surface area contributed by atoms with Gasteiger partial charge >= 0.3 is 0 Å². The maximum Gasteiger partial charge on any atom is 0.287 e. The summed E-state index contributed by atoms with van der Waals surface area (Å²) in [7, 11) is -2.34. The van der Waals surface area contributed by atoms with E-state index in [0.717, 1.165) is 24.2 Å². The number of carbonyl (C=O) groups is 1. The molecule has 0 saturated heterocycles. The van der Waals surface area contributed by atoms with Gasteiger partial charge in [0.05, 0.1) is 0 Å². The molecule has 126 valence electrons. The fraction of sp³-hybridized carbons (Fsp3) is 0.688. The Labute approximate surface area is 136 Å². The van der Waals surface area contributed by atoms with E-state index >= 15 is 0 Å². The van der Waals surface area contributed by atoms with Crippen molar-refractivity contribution in [2.24, 2.45) is 23.7 Å². The predicted octanol–water partition coefficient (Wildman–Crippen LogP) is 1.74. The van der Waals surface area contributed by atoms with Crippen molar-refractivity contribution in [1.82, 2.24) is 10.0 Å². The van der Waals surface area contributed by atoms with E-state index < -0.39 is 10.0 Å². The standard InChI is InChI=1S/C16H22N2O4S/c1-17-23(20,21)15-6-5-14(22-15)16(19)18-13-8-9-7-12(13)11-4-2-3-10(9)11/h5-6,9-13,17H,2-4,7-8H2,1H3,(H,18,19)/t9-,10+,11-,12+,13-/m1/s1. The summed E-state index contributed by atoms with van der Waals surface area (Å²) in [4.78, 5) is 12.4. The van der Waals surface area contributed by atoms with Gasteiger partial charge in [-0.3, -0.25) is 4.79 Å². The summed E-state index contributed by atoms with van der Waals surface area (Å²) in [6.45, 7) is 0. The van der Waals surface area contributed by atoms with Crippen molar-refractivity contribution in [2.75, 3.05) is 7.05 Å². The number of furan rings is 1. The number of rotatable bonds is 4. The Hall–Kier alpha value is -1.34. The van der Waals surface area contributed by atoms with Crippen molar-refractivity contribution in [3.63, 3.8) is 0 Å². The zero-order valence-corrected chi connectivity index (χ0v) is 13.9. The van der Waals surface area contributed by atoms with Crippen LogP contribution in [0.4, 0.5) is 0 Å². The molecule has 1 heterocycles. The summed E-state index contributed by atoms with van der Waals surface area (Å²) in [5.74, 6) is 2.75. The minimum absolute atomic E-state index is 0.0598. The third-order valence-electron chi connectivity index (χ3n) is 6.08. The van der Waals surface area contributed by atoms with Crippen molar-refractivity contribution >= 4 is 15.9 Å². The van der Waals surface area contributed by atoms with E-state index in [-0.39, 0.29) is 22.8 Å². The summed E-state index contributed by atoms with van der Waals surface area (Å²) in [6, 6.07) is 2.95. The van der Waals surface area contributed by atoms with Crippen LogP contribution in [0.15, 0.2) is 21.6 Å². The number of hydrogen-bond donors (Lipinski definition) is 2. The minimum atomic E-state index is -3.65. The van der Waals surface area contributed by atoms with E-state index in [9.17, 15) is 13.2 Å². The molecule has 3 aliphatic rings. The molecule has 2 bridgehead atoms. The van der Waals surface area contributed by atoms with Crippen LogP contribution in [0, 0.1) is 23.7 Å². The zero-order valence-electron chi connectivity index (χ0n) is 13.1. The average Bonchev–Trinajstić information content (AvgIpc) is 3.27. The van der Waals surface area contributed by atoms with Gasteiger partial charge in [0.25, 0.3) is 15.9 Å². The number of nitrogens with one attached hydrogen (secondary N) is 2. The first-order chi connectivity index (χ1) is 11.0. The molecule has 23 heavy (non-hydrogen) atoms. The molecule has 1 aromatic heterocycles. The number of amides is 1. The second-order valence-electron chi connectivity index (χ2n) is 7.06. The van der Waals surface area contributed by atoms with Crippen molar-refractivity contribution in [3.05, 3.63) is 17.9 Å². The van der Waals surface area contributed by atoms with Gasteiger partial charge in [-0.25, -0.2) is 13.1 Å². The number of hydrogen-bond acceptors (Lipinski definition) is 4. The molecule has 7 heteroatoms. The lowest BCUT2D eigenvalue weighted by molar-refractivity contribution is 0.0867. The first kappa shape index (κ1) is 15.2. The van der Waals surface area contributed by atoms with Crippen LogP contribution in [0.3, 0.4) is 0 Å². The lowest BCUT2D eigenvalue weighted by atomic mass is 9.79. The summed E-state index contributed by atoms with van der Waals surface area (Å²) in [5, 5.41) is 2.85. The summed E-state index contributed by atoms with van der Waals surface area (Å²) in [5.41, 5.74) is 0. The quantitative estimate of drug-likeness (QED) is 0.875. The Balaban J connectivity index is 1.45. The molecule has 0 aromatic carbocycles. The predicted molar refractivity (Wildman–Crippen MR) is 83.3 cm³/mol. The van der Waals surface area contributed by atoms with Crippen LogP contribution in [0.5, 0.6) is 0 Å². The van der Waals surface area contributed by atoms with Crippen LogP contribution in [0.1, 0.15) is 42.7 Å². The third kappa shape index (κ3) is 2.41. The maximum absolute atomic E-state index is 12.4. The van der Waals surface area contributed by atoms with E-state index in [1.165, 1.54) is 44.9 Å². The lowest BCUT2D eigenvalue weighted by Gasteiger charge is -2.31. The fourth-order valence-electron chi connectivity index (χ4n) is 5.16. The molecule has 0 aliphatic heterocycles. The fourth-order valence-corrected chi connectivity index (χ4v) is 5.81.